The first kappa shape index (κ1) is 14.8. The molecule has 109 valence electrons. The molecule has 0 amide bonds. The van der Waals surface area contributed by atoms with Crippen molar-refractivity contribution in [2.45, 2.75) is 39.2 Å². The van der Waals surface area contributed by atoms with E-state index < -0.39 is 0 Å². The second-order valence-corrected chi connectivity index (χ2v) is 6.39. The van der Waals surface area contributed by atoms with Crippen molar-refractivity contribution >= 4 is 5.97 Å². The molecule has 0 aromatic carbocycles. The Hall–Kier alpha value is -0.650. The van der Waals surface area contributed by atoms with Crippen molar-refractivity contribution in [3.8, 4) is 0 Å². The normalized spacial score (nSPS) is 24.4. The van der Waals surface area contributed by atoms with Crippen molar-refractivity contribution in [1.29, 1.82) is 0 Å². The summed E-state index contributed by atoms with van der Waals surface area (Å²) in [5, 5.41) is 9.13. The Bertz CT molecular complexity index is 300. The van der Waals surface area contributed by atoms with Crippen molar-refractivity contribution in [2.24, 2.45) is 5.92 Å². The highest BCUT2D eigenvalue weighted by molar-refractivity contribution is 5.73. The van der Waals surface area contributed by atoms with Crippen LogP contribution in [0.3, 0.4) is 0 Å². The molecule has 2 fully saturated rings. The zero-order valence-corrected chi connectivity index (χ0v) is 12.4. The van der Waals surface area contributed by atoms with Gasteiger partial charge in [-0.15, -0.1) is 0 Å². The van der Waals surface area contributed by atoms with Gasteiger partial charge in [-0.3, -0.25) is 4.79 Å². The van der Waals surface area contributed by atoms with E-state index in [2.05, 4.69) is 15.3 Å². The molecule has 0 unspecified atom stereocenters. The van der Waals surface area contributed by atoms with Crippen molar-refractivity contribution in [3.63, 3.8) is 0 Å². The summed E-state index contributed by atoms with van der Waals surface area (Å²) in [6.45, 7) is 11.6. The molecule has 2 rings (SSSR count). The van der Waals surface area contributed by atoms with Gasteiger partial charge in [0.2, 0.25) is 0 Å². The lowest BCUT2D eigenvalue weighted by atomic mass is 9.97. The zero-order chi connectivity index (χ0) is 13.9. The van der Waals surface area contributed by atoms with Gasteiger partial charge in [-0.05, 0) is 33.6 Å². The fourth-order valence-electron chi connectivity index (χ4n) is 2.65. The number of hydrogen-bond donors (Lipinski definition) is 0. The minimum absolute atomic E-state index is 0.0270. The minimum atomic E-state index is -0.372. The zero-order valence-electron chi connectivity index (χ0n) is 12.4. The van der Waals surface area contributed by atoms with Crippen LogP contribution in [0.4, 0.5) is 0 Å². The fourth-order valence-corrected chi connectivity index (χ4v) is 2.65. The van der Waals surface area contributed by atoms with Crippen LogP contribution < -0.4 is 5.32 Å². The van der Waals surface area contributed by atoms with Crippen LogP contribution in [0.25, 0.3) is 0 Å². The molecule has 0 atom stereocenters. The SMILES string of the molecule is CC(C)(C)OC(=O)C1CCN(N2CC[N]CC2)CC1. The summed E-state index contributed by atoms with van der Waals surface area (Å²) in [6.07, 6.45) is 1.81. The largest absolute Gasteiger partial charge is 0.460 e. The van der Waals surface area contributed by atoms with E-state index in [9.17, 15) is 4.79 Å². The summed E-state index contributed by atoms with van der Waals surface area (Å²) in [4.78, 5) is 12.0. The Labute approximate surface area is 116 Å². The van der Waals surface area contributed by atoms with Crippen LogP contribution in [0.2, 0.25) is 0 Å². The van der Waals surface area contributed by atoms with Gasteiger partial charge in [0.25, 0.3) is 0 Å². The van der Waals surface area contributed by atoms with Crippen LogP contribution in [0.5, 0.6) is 0 Å². The molecule has 0 aliphatic carbocycles. The molecule has 2 aliphatic heterocycles. The van der Waals surface area contributed by atoms with Crippen molar-refractivity contribution in [3.05, 3.63) is 0 Å². The van der Waals surface area contributed by atoms with E-state index >= 15 is 0 Å². The van der Waals surface area contributed by atoms with Crippen LogP contribution in [-0.2, 0) is 9.53 Å². The van der Waals surface area contributed by atoms with Crippen LogP contribution in [-0.4, -0.2) is 60.9 Å². The van der Waals surface area contributed by atoms with E-state index in [1.165, 1.54) is 0 Å². The first-order valence-electron chi connectivity index (χ1n) is 7.31. The van der Waals surface area contributed by atoms with Crippen LogP contribution in [0, 0.1) is 5.92 Å². The summed E-state index contributed by atoms with van der Waals surface area (Å²) < 4.78 is 5.47. The summed E-state index contributed by atoms with van der Waals surface area (Å²) in [6, 6.07) is 0. The van der Waals surface area contributed by atoms with E-state index in [1.54, 1.807) is 0 Å². The van der Waals surface area contributed by atoms with E-state index in [0.29, 0.717) is 0 Å². The first-order chi connectivity index (χ1) is 8.96. The number of carbonyl (C=O) groups excluding carboxylic acids is 1. The van der Waals surface area contributed by atoms with Crippen molar-refractivity contribution < 1.29 is 9.53 Å². The van der Waals surface area contributed by atoms with Gasteiger partial charge < -0.3 is 4.74 Å². The summed E-state index contributed by atoms with van der Waals surface area (Å²) in [5.74, 6) is 0.0470. The Morgan fingerprint density at radius 2 is 1.58 bits per heavy atom. The maximum absolute atomic E-state index is 12.0. The van der Waals surface area contributed by atoms with Gasteiger partial charge in [0.05, 0.1) is 5.92 Å². The summed E-state index contributed by atoms with van der Waals surface area (Å²) >= 11 is 0. The number of carbonyl (C=O) groups is 1. The van der Waals surface area contributed by atoms with Gasteiger partial charge in [-0.2, -0.15) is 0 Å². The second-order valence-electron chi connectivity index (χ2n) is 6.39. The average molecular weight is 268 g/mol. The number of nitrogens with zero attached hydrogens (tertiary/aromatic N) is 3. The highest BCUT2D eigenvalue weighted by Crippen LogP contribution is 2.22. The number of esters is 1. The molecule has 19 heavy (non-hydrogen) atoms. The summed E-state index contributed by atoms with van der Waals surface area (Å²) in [5.41, 5.74) is -0.372. The third-order valence-electron chi connectivity index (χ3n) is 3.64. The average Bonchev–Trinajstić information content (AvgIpc) is 2.38. The highest BCUT2D eigenvalue weighted by Gasteiger charge is 2.31. The van der Waals surface area contributed by atoms with Crippen LogP contribution in [0.15, 0.2) is 0 Å². The van der Waals surface area contributed by atoms with Gasteiger partial charge in [-0.1, -0.05) is 0 Å². The minimum Gasteiger partial charge on any atom is -0.460 e. The molecule has 0 aromatic heterocycles. The summed E-state index contributed by atoms with van der Waals surface area (Å²) in [7, 11) is 0. The molecule has 2 aliphatic rings. The van der Waals surface area contributed by atoms with E-state index in [0.717, 1.165) is 52.1 Å². The molecule has 2 heterocycles. The topological polar surface area (TPSA) is 46.9 Å². The van der Waals surface area contributed by atoms with Gasteiger partial charge in [0.1, 0.15) is 5.60 Å². The number of piperidine rings is 1. The maximum Gasteiger partial charge on any atom is 0.309 e. The number of piperazine rings is 1. The Morgan fingerprint density at radius 1 is 1.05 bits per heavy atom. The predicted molar refractivity (Wildman–Crippen MR) is 73.6 cm³/mol. The Morgan fingerprint density at radius 3 is 2.11 bits per heavy atom. The first-order valence-corrected chi connectivity index (χ1v) is 7.31. The van der Waals surface area contributed by atoms with Gasteiger partial charge in [-0.25, -0.2) is 15.3 Å². The quantitative estimate of drug-likeness (QED) is 0.697. The lowest BCUT2D eigenvalue weighted by Gasteiger charge is -2.41. The molecular formula is C14H26N3O2. The molecular weight excluding hydrogens is 242 g/mol. The molecule has 2 saturated heterocycles. The predicted octanol–water partition coefficient (Wildman–Crippen LogP) is 0.875. The lowest BCUT2D eigenvalue weighted by molar-refractivity contribution is -0.163. The van der Waals surface area contributed by atoms with Gasteiger partial charge in [0, 0.05) is 39.3 Å². The number of hydrazine groups is 1. The molecule has 5 heteroatoms. The fraction of sp³-hybridized carbons (Fsp3) is 0.929. The number of rotatable bonds is 2. The van der Waals surface area contributed by atoms with Crippen molar-refractivity contribution in [1.82, 2.24) is 15.3 Å². The third kappa shape index (κ3) is 4.44. The Balaban J connectivity index is 1.77. The van der Waals surface area contributed by atoms with Crippen molar-refractivity contribution in [2.75, 3.05) is 39.3 Å². The van der Waals surface area contributed by atoms with Crippen LogP contribution in [0.1, 0.15) is 33.6 Å². The molecule has 1 radical (unpaired) electrons. The molecule has 0 bridgehead atoms. The lowest BCUT2D eigenvalue weighted by Crippen LogP contribution is -2.53. The van der Waals surface area contributed by atoms with E-state index in [4.69, 9.17) is 4.74 Å². The Kier molecular flexibility index (Phi) is 4.81. The number of hydrogen-bond acceptors (Lipinski definition) is 4. The second kappa shape index (κ2) is 6.20. The van der Waals surface area contributed by atoms with Gasteiger partial charge in [0.15, 0.2) is 0 Å². The van der Waals surface area contributed by atoms with Crippen LogP contribution >= 0.6 is 0 Å². The third-order valence-corrected chi connectivity index (χ3v) is 3.64. The maximum atomic E-state index is 12.0. The molecule has 0 saturated carbocycles. The van der Waals surface area contributed by atoms with E-state index in [1.807, 2.05) is 20.8 Å². The van der Waals surface area contributed by atoms with Gasteiger partial charge >= 0.3 is 5.97 Å². The molecule has 5 nitrogen and oxygen atoms in total. The highest BCUT2D eigenvalue weighted by atomic mass is 16.6. The molecule has 0 spiro atoms. The molecule has 0 aromatic rings. The molecule has 0 N–H and O–H groups in total. The monoisotopic (exact) mass is 268 g/mol. The van der Waals surface area contributed by atoms with E-state index in [-0.39, 0.29) is 17.5 Å². The number of ether oxygens (including phenoxy) is 1. The smallest absolute Gasteiger partial charge is 0.309 e. The standard InChI is InChI=1S/C14H26N3O2/c1-14(2,3)19-13(18)12-4-8-16(9-5-12)17-10-6-15-7-11-17/h12H,4-11H2,1-3H3.